The fraction of sp³-hybridized carbons (Fsp3) is 0.667. The highest BCUT2D eigenvalue weighted by Gasteiger charge is 2.43. The maximum atomic E-state index is 14.9. The van der Waals surface area contributed by atoms with Crippen LogP contribution in [0.15, 0.2) is 18.2 Å². The number of hydrogen-bond donors (Lipinski definition) is 2. The summed E-state index contributed by atoms with van der Waals surface area (Å²) in [6, 6.07) is 5.13. The standard InChI is InChI=1S/C24H34FN5O2/c25-20-13-18(19-2-4-22(31)27-23(19)32)1-3-21(20)29-9-5-17(6-10-29)14-28-11-7-24(8-12-28)15-30(26)16-24/h1,3,13,17,19H,2,4-12,14-16,26H2,(H,27,31,32). The van der Waals surface area contributed by atoms with Gasteiger partial charge in [0.2, 0.25) is 11.8 Å². The minimum absolute atomic E-state index is 0.250. The summed E-state index contributed by atoms with van der Waals surface area (Å²) in [4.78, 5) is 28.2. The Balaban J connectivity index is 1.12. The molecule has 1 atom stereocenters. The van der Waals surface area contributed by atoms with Gasteiger partial charge in [-0.2, -0.15) is 0 Å². The topological polar surface area (TPSA) is 81.9 Å². The van der Waals surface area contributed by atoms with Crippen molar-refractivity contribution in [3.8, 4) is 0 Å². The SMILES string of the molecule is NN1CC2(CCN(CC3CCN(c4ccc(C5CCC(=O)NC5=O)cc4F)CC3)CC2)C1. The number of benzene rings is 1. The van der Waals surface area contributed by atoms with Crippen LogP contribution in [0.25, 0.3) is 0 Å². The molecule has 8 heteroatoms. The molecule has 5 rings (SSSR count). The fourth-order valence-corrected chi connectivity index (χ4v) is 6.07. The number of imide groups is 1. The third kappa shape index (κ3) is 4.40. The van der Waals surface area contributed by atoms with Crippen LogP contribution in [0, 0.1) is 17.2 Å². The number of carbonyl (C=O) groups excluding carboxylic acids is 2. The van der Waals surface area contributed by atoms with Crippen LogP contribution in [-0.4, -0.2) is 67.5 Å². The fourth-order valence-electron chi connectivity index (χ4n) is 6.07. The molecule has 0 saturated carbocycles. The summed E-state index contributed by atoms with van der Waals surface area (Å²) in [7, 11) is 0. The van der Waals surface area contributed by atoms with Crippen LogP contribution in [0.5, 0.6) is 0 Å². The molecule has 1 spiro atoms. The quantitative estimate of drug-likeness (QED) is 0.546. The minimum Gasteiger partial charge on any atom is -0.369 e. The van der Waals surface area contributed by atoms with Crippen molar-refractivity contribution in [2.75, 3.05) is 50.7 Å². The normalized spacial score (nSPS) is 27.4. The number of piperidine rings is 3. The molecule has 1 unspecified atom stereocenters. The Hall–Kier alpha value is -2.03. The van der Waals surface area contributed by atoms with Crippen LogP contribution in [0.1, 0.15) is 50.0 Å². The molecule has 0 aromatic heterocycles. The molecule has 4 aliphatic rings. The Morgan fingerprint density at radius 2 is 1.78 bits per heavy atom. The number of rotatable bonds is 4. The number of anilines is 1. The van der Waals surface area contributed by atoms with E-state index in [1.165, 1.54) is 32.0 Å². The molecule has 7 nitrogen and oxygen atoms in total. The lowest BCUT2D eigenvalue weighted by molar-refractivity contribution is -0.134. The monoisotopic (exact) mass is 443 g/mol. The summed E-state index contributed by atoms with van der Waals surface area (Å²) in [6.07, 6.45) is 5.40. The Morgan fingerprint density at radius 3 is 2.41 bits per heavy atom. The van der Waals surface area contributed by atoms with Crippen LogP contribution in [0.2, 0.25) is 0 Å². The summed E-state index contributed by atoms with van der Waals surface area (Å²) in [6.45, 7) is 7.31. The Labute approximate surface area is 189 Å². The number of carbonyl (C=O) groups is 2. The summed E-state index contributed by atoms with van der Waals surface area (Å²) in [5.41, 5.74) is 1.75. The van der Waals surface area contributed by atoms with Crippen LogP contribution in [0.4, 0.5) is 10.1 Å². The van der Waals surface area contributed by atoms with E-state index in [2.05, 4.69) is 15.1 Å². The number of likely N-dealkylation sites (tertiary alicyclic amines) is 1. The molecule has 174 valence electrons. The van der Waals surface area contributed by atoms with Gasteiger partial charge in [0.15, 0.2) is 0 Å². The predicted octanol–water partition coefficient (Wildman–Crippen LogP) is 1.83. The average Bonchev–Trinajstić information content (AvgIpc) is 2.75. The zero-order chi connectivity index (χ0) is 22.3. The summed E-state index contributed by atoms with van der Waals surface area (Å²) < 4.78 is 14.9. The van der Waals surface area contributed by atoms with E-state index in [1.807, 2.05) is 11.1 Å². The first-order valence-electron chi connectivity index (χ1n) is 12.0. The van der Waals surface area contributed by atoms with Gasteiger partial charge in [0, 0.05) is 44.6 Å². The molecule has 0 bridgehead atoms. The van der Waals surface area contributed by atoms with E-state index in [-0.39, 0.29) is 17.6 Å². The number of halogens is 1. The van der Waals surface area contributed by atoms with Crippen LogP contribution in [0.3, 0.4) is 0 Å². The highest BCUT2D eigenvalue weighted by atomic mass is 19.1. The number of hydrazine groups is 1. The second-order valence-corrected chi connectivity index (χ2v) is 10.4. The van der Waals surface area contributed by atoms with Crippen molar-refractivity contribution in [3.05, 3.63) is 29.6 Å². The van der Waals surface area contributed by atoms with Gasteiger partial charge in [0.1, 0.15) is 5.82 Å². The largest absolute Gasteiger partial charge is 0.369 e. The molecule has 1 aromatic rings. The van der Waals surface area contributed by atoms with E-state index in [1.54, 1.807) is 6.07 Å². The van der Waals surface area contributed by atoms with Crippen molar-refractivity contribution in [1.29, 1.82) is 0 Å². The third-order valence-corrected chi connectivity index (χ3v) is 8.08. The molecule has 0 radical (unpaired) electrons. The Bertz CT molecular complexity index is 869. The van der Waals surface area contributed by atoms with Crippen molar-refractivity contribution in [2.45, 2.75) is 44.4 Å². The number of hydrogen-bond acceptors (Lipinski definition) is 6. The van der Waals surface area contributed by atoms with Gasteiger partial charge >= 0.3 is 0 Å². The van der Waals surface area contributed by atoms with Crippen LogP contribution in [-0.2, 0) is 9.59 Å². The highest BCUT2D eigenvalue weighted by molar-refractivity contribution is 6.00. The molecule has 3 N–H and O–H groups in total. The van der Waals surface area contributed by atoms with Gasteiger partial charge < -0.3 is 9.80 Å². The molecule has 4 saturated heterocycles. The maximum absolute atomic E-state index is 14.9. The van der Waals surface area contributed by atoms with E-state index in [9.17, 15) is 14.0 Å². The second-order valence-electron chi connectivity index (χ2n) is 10.4. The van der Waals surface area contributed by atoms with E-state index < -0.39 is 5.92 Å². The first kappa shape index (κ1) is 21.8. The van der Waals surface area contributed by atoms with Crippen molar-refractivity contribution in [3.63, 3.8) is 0 Å². The van der Waals surface area contributed by atoms with Gasteiger partial charge in [-0.05, 0) is 68.8 Å². The van der Waals surface area contributed by atoms with E-state index in [4.69, 9.17) is 5.84 Å². The van der Waals surface area contributed by atoms with E-state index in [0.717, 1.165) is 45.6 Å². The van der Waals surface area contributed by atoms with Gasteiger partial charge in [-0.25, -0.2) is 9.40 Å². The predicted molar refractivity (Wildman–Crippen MR) is 120 cm³/mol. The van der Waals surface area contributed by atoms with Crippen LogP contribution < -0.4 is 16.1 Å². The van der Waals surface area contributed by atoms with Crippen LogP contribution >= 0.6 is 0 Å². The smallest absolute Gasteiger partial charge is 0.234 e. The molecule has 4 aliphatic heterocycles. The molecular weight excluding hydrogens is 409 g/mol. The lowest BCUT2D eigenvalue weighted by atomic mass is 9.73. The van der Waals surface area contributed by atoms with Gasteiger partial charge in [-0.15, -0.1) is 0 Å². The molecule has 1 aromatic carbocycles. The first-order chi connectivity index (χ1) is 15.4. The van der Waals surface area contributed by atoms with E-state index in [0.29, 0.717) is 35.4 Å². The number of nitrogens with zero attached hydrogens (tertiary/aromatic N) is 3. The average molecular weight is 444 g/mol. The van der Waals surface area contributed by atoms with Crippen molar-refractivity contribution < 1.29 is 14.0 Å². The molecule has 2 amide bonds. The number of nitrogens with two attached hydrogens (primary N) is 1. The van der Waals surface area contributed by atoms with Crippen molar-refractivity contribution in [2.24, 2.45) is 17.2 Å². The van der Waals surface area contributed by atoms with Gasteiger partial charge in [0.25, 0.3) is 0 Å². The van der Waals surface area contributed by atoms with Crippen molar-refractivity contribution in [1.82, 2.24) is 15.2 Å². The molecule has 0 aliphatic carbocycles. The zero-order valence-electron chi connectivity index (χ0n) is 18.7. The first-order valence-corrected chi connectivity index (χ1v) is 12.0. The third-order valence-electron chi connectivity index (χ3n) is 8.08. The molecule has 4 heterocycles. The molecular formula is C24H34FN5O2. The van der Waals surface area contributed by atoms with Gasteiger partial charge in [-0.1, -0.05) is 6.07 Å². The summed E-state index contributed by atoms with van der Waals surface area (Å²) >= 11 is 0. The lowest BCUT2D eigenvalue weighted by Gasteiger charge is -2.52. The second kappa shape index (κ2) is 8.72. The van der Waals surface area contributed by atoms with Gasteiger partial charge in [-0.3, -0.25) is 20.7 Å². The summed E-state index contributed by atoms with van der Waals surface area (Å²) in [5.74, 6) is 5.23. The maximum Gasteiger partial charge on any atom is 0.234 e. The number of amides is 2. The summed E-state index contributed by atoms with van der Waals surface area (Å²) in [5, 5.41) is 4.29. The van der Waals surface area contributed by atoms with E-state index >= 15 is 0 Å². The lowest BCUT2D eigenvalue weighted by Crippen LogP contribution is -2.62. The Morgan fingerprint density at radius 1 is 1.06 bits per heavy atom. The highest BCUT2D eigenvalue weighted by Crippen LogP contribution is 2.39. The molecule has 32 heavy (non-hydrogen) atoms. The minimum atomic E-state index is -0.446. The Kier molecular flexibility index (Phi) is 5.94. The zero-order valence-corrected chi connectivity index (χ0v) is 18.7. The number of nitrogens with one attached hydrogen (secondary N) is 1. The van der Waals surface area contributed by atoms with Gasteiger partial charge in [0.05, 0.1) is 11.6 Å². The van der Waals surface area contributed by atoms with Crippen molar-refractivity contribution >= 4 is 17.5 Å². The molecule has 4 fully saturated rings.